The van der Waals surface area contributed by atoms with Crippen LogP contribution in [0.2, 0.25) is 0 Å². The molecule has 0 aliphatic carbocycles. The highest BCUT2D eigenvalue weighted by Gasteiger charge is 1.99. The van der Waals surface area contributed by atoms with Crippen molar-refractivity contribution in [2.24, 2.45) is 0 Å². The van der Waals surface area contributed by atoms with Gasteiger partial charge < -0.3 is 4.98 Å². The number of hydrogen-bond acceptors (Lipinski definition) is 3. The number of rotatable bonds is 0. The largest absolute Gasteiger partial charge is 0.335 e. The molecule has 13 heavy (non-hydrogen) atoms. The number of H-pyrrole nitrogens is 1. The van der Waals surface area contributed by atoms with E-state index in [-0.39, 0.29) is 0 Å². The van der Waals surface area contributed by atoms with Gasteiger partial charge in [0.15, 0.2) is 6.33 Å². The molecule has 0 saturated carbocycles. The fourth-order valence-corrected chi connectivity index (χ4v) is 1.36. The Morgan fingerprint density at radius 2 is 2.23 bits per heavy atom. The molecule has 1 N–H and O–H groups in total. The molecular formula is C9H5N4. The molecule has 1 radical (unpaired) electrons. The molecule has 0 atom stereocenters. The predicted octanol–water partition coefficient (Wildman–Crippen LogP) is 1.31. The number of nitrogens with zero attached hydrogens (tertiary/aromatic N) is 3. The van der Waals surface area contributed by atoms with Crippen LogP contribution < -0.4 is 0 Å². The second-order valence-electron chi connectivity index (χ2n) is 2.80. The molecule has 0 amide bonds. The Morgan fingerprint density at radius 1 is 1.23 bits per heavy atom. The number of benzene rings is 1. The van der Waals surface area contributed by atoms with Crippen LogP contribution in [0.1, 0.15) is 0 Å². The van der Waals surface area contributed by atoms with Crippen LogP contribution in [-0.4, -0.2) is 19.9 Å². The molecule has 1 aromatic carbocycles. The second-order valence-corrected chi connectivity index (χ2v) is 2.80. The molecule has 3 rings (SSSR count). The number of imidazole rings is 1. The van der Waals surface area contributed by atoms with Crippen molar-refractivity contribution < 1.29 is 0 Å². The lowest BCUT2D eigenvalue weighted by Crippen LogP contribution is -1.80. The van der Waals surface area contributed by atoms with Gasteiger partial charge in [0.1, 0.15) is 6.33 Å². The quantitative estimate of drug-likeness (QED) is 0.552. The monoisotopic (exact) mass is 169 g/mol. The summed E-state index contributed by atoms with van der Waals surface area (Å²) in [6, 6.07) is 3.88. The van der Waals surface area contributed by atoms with E-state index in [0.717, 1.165) is 21.9 Å². The molecule has 61 valence electrons. The van der Waals surface area contributed by atoms with E-state index in [1.54, 1.807) is 6.20 Å². The zero-order valence-corrected chi connectivity index (χ0v) is 6.65. The average molecular weight is 169 g/mol. The maximum Gasteiger partial charge on any atom is 0.174 e. The molecule has 0 aliphatic rings. The number of hydrogen-bond donors (Lipinski definition) is 1. The standard InChI is InChI=1S/C9H5N4/c1-6-3-10-4-11-7(6)2-9-8(1)12-5-13-9/h1-4H,(H,12,13). The average Bonchev–Trinajstić information content (AvgIpc) is 2.61. The number of nitrogens with one attached hydrogen (secondary N) is 1. The van der Waals surface area contributed by atoms with Crippen LogP contribution in [0, 0.1) is 6.33 Å². The van der Waals surface area contributed by atoms with Crippen LogP contribution in [0.15, 0.2) is 24.7 Å². The number of aromatic nitrogens is 4. The van der Waals surface area contributed by atoms with E-state index >= 15 is 0 Å². The van der Waals surface area contributed by atoms with E-state index in [4.69, 9.17) is 0 Å². The second kappa shape index (κ2) is 2.26. The minimum Gasteiger partial charge on any atom is -0.335 e. The van der Waals surface area contributed by atoms with Gasteiger partial charge in [0.2, 0.25) is 0 Å². The van der Waals surface area contributed by atoms with Crippen molar-refractivity contribution in [3.8, 4) is 0 Å². The van der Waals surface area contributed by atoms with Crippen molar-refractivity contribution >= 4 is 21.9 Å². The fourth-order valence-electron chi connectivity index (χ4n) is 1.36. The molecule has 2 heterocycles. The molecule has 0 spiro atoms. The lowest BCUT2D eigenvalue weighted by Gasteiger charge is -1.94. The molecule has 0 fully saturated rings. The minimum absolute atomic E-state index is 0.891. The van der Waals surface area contributed by atoms with Crippen LogP contribution in [0.3, 0.4) is 0 Å². The van der Waals surface area contributed by atoms with E-state index < -0.39 is 0 Å². The summed E-state index contributed by atoms with van der Waals surface area (Å²) in [7, 11) is 0. The third kappa shape index (κ3) is 0.885. The molecule has 0 unspecified atom stereocenters. The van der Waals surface area contributed by atoms with Gasteiger partial charge in [-0.05, 0) is 12.1 Å². The molecule has 0 saturated heterocycles. The van der Waals surface area contributed by atoms with Crippen molar-refractivity contribution in [3.05, 3.63) is 31.0 Å². The maximum atomic E-state index is 4.14. The third-order valence-corrected chi connectivity index (χ3v) is 1.99. The van der Waals surface area contributed by atoms with Crippen LogP contribution in [0.5, 0.6) is 0 Å². The van der Waals surface area contributed by atoms with E-state index in [1.165, 1.54) is 6.33 Å². The van der Waals surface area contributed by atoms with Gasteiger partial charge in [0.25, 0.3) is 0 Å². The molecule has 4 nitrogen and oxygen atoms in total. The van der Waals surface area contributed by atoms with Crippen molar-refractivity contribution in [2.45, 2.75) is 0 Å². The fraction of sp³-hybridized carbons (Fsp3) is 0. The molecular weight excluding hydrogens is 164 g/mol. The summed E-state index contributed by atoms with van der Waals surface area (Å²) < 4.78 is 0. The lowest BCUT2D eigenvalue weighted by atomic mass is 10.2. The zero-order valence-electron chi connectivity index (χ0n) is 6.65. The van der Waals surface area contributed by atoms with Gasteiger partial charge in [-0.1, -0.05) is 0 Å². The lowest BCUT2D eigenvalue weighted by molar-refractivity contribution is 1.22. The van der Waals surface area contributed by atoms with Crippen LogP contribution in [-0.2, 0) is 0 Å². The van der Waals surface area contributed by atoms with Crippen molar-refractivity contribution in [1.29, 1.82) is 0 Å². The smallest absolute Gasteiger partial charge is 0.174 e. The molecule has 0 aliphatic heterocycles. The van der Waals surface area contributed by atoms with E-state index in [0.29, 0.717) is 0 Å². The summed E-state index contributed by atoms with van der Waals surface area (Å²) in [5, 5.41) is 0.996. The first-order chi connectivity index (χ1) is 6.43. The Balaban J connectivity index is 2.57. The Morgan fingerprint density at radius 3 is 3.23 bits per heavy atom. The van der Waals surface area contributed by atoms with Gasteiger partial charge in [-0.3, -0.25) is 0 Å². The summed E-state index contributed by atoms with van der Waals surface area (Å²) in [4.78, 5) is 15.0. The summed E-state index contributed by atoms with van der Waals surface area (Å²) in [6.45, 7) is 0. The zero-order chi connectivity index (χ0) is 8.67. The van der Waals surface area contributed by atoms with Crippen LogP contribution >= 0.6 is 0 Å². The Kier molecular flexibility index (Phi) is 1.14. The van der Waals surface area contributed by atoms with E-state index in [9.17, 15) is 0 Å². The highest BCUT2D eigenvalue weighted by molar-refractivity contribution is 5.92. The molecule has 0 bridgehead atoms. The van der Waals surface area contributed by atoms with Gasteiger partial charge >= 0.3 is 0 Å². The molecule has 3 aromatic rings. The summed E-state index contributed by atoms with van der Waals surface area (Å²) in [5.41, 5.74) is 2.76. The first kappa shape index (κ1) is 6.54. The Bertz CT molecular complexity index is 520. The van der Waals surface area contributed by atoms with Crippen molar-refractivity contribution in [2.75, 3.05) is 0 Å². The highest BCUT2D eigenvalue weighted by atomic mass is 14.9. The minimum atomic E-state index is 0.891. The summed E-state index contributed by atoms with van der Waals surface area (Å²) in [5.74, 6) is 0. The van der Waals surface area contributed by atoms with Gasteiger partial charge in [-0.15, -0.1) is 0 Å². The first-order valence-electron chi connectivity index (χ1n) is 3.89. The Hall–Kier alpha value is -1.97. The van der Waals surface area contributed by atoms with E-state index in [2.05, 4.69) is 26.3 Å². The van der Waals surface area contributed by atoms with Crippen molar-refractivity contribution in [3.63, 3.8) is 0 Å². The topological polar surface area (TPSA) is 54.5 Å². The summed E-state index contributed by atoms with van der Waals surface area (Å²) >= 11 is 0. The highest BCUT2D eigenvalue weighted by Crippen LogP contribution is 2.16. The molecule has 2 aromatic heterocycles. The normalized spacial score (nSPS) is 11.1. The van der Waals surface area contributed by atoms with Crippen molar-refractivity contribution in [1.82, 2.24) is 19.9 Å². The van der Waals surface area contributed by atoms with Crippen LogP contribution in [0.25, 0.3) is 21.9 Å². The SMILES string of the molecule is [c]1nc2cc3cncnc3cc2[nH]1. The van der Waals surface area contributed by atoms with Gasteiger partial charge in [-0.25, -0.2) is 15.0 Å². The summed E-state index contributed by atoms with van der Waals surface area (Å²) in [6.07, 6.45) is 6.00. The number of fused-ring (bicyclic) bond motifs is 2. The van der Waals surface area contributed by atoms with Gasteiger partial charge in [0.05, 0.1) is 16.6 Å². The Labute approximate surface area is 73.7 Å². The number of aromatic amines is 1. The third-order valence-electron chi connectivity index (χ3n) is 1.99. The van der Waals surface area contributed by atoms with Gasteiger partial charge in [0, 0.05) is 11.6 Å². The molecule has 4 heteroatoms. The van der Waals surface area contributed by atoms with Crippen LogP contribution in [0.4, 0.5) is 0 Å². The van der Waals surface area contributed by atoms with E-state index in [1.807, 2.05) is 12.1 Å². The first-order valence-corrected chi connectivity index (χ1v) is 3.89. The van der Waals surface area contributed by atoms with Gasteiger partial charge in [-0.2, -0.15) is 0 Å². The maximum absolute atomic E-state index is 4.14. The predicted molar refractivity (Wildman–Crippen MR) is 48.0 cm³/mol.